The first-order valence-electron chi connectivity index (χ1n) is 6.75. The highest BCUT2D eigenvalue weighted by atomic mass is 32.1. The number of ether oxygens (including phenoxy) is 1. The van der Waals surface area contributed by atoms with E-state index >= 15 is 0 Å². The lowest BCUT2D eigenvalue weighted by atomic mass is 10.2. The fraction of sp³-hybridized carbons (Fsp3) is 0.0625. The SMILES string of the molecule is COC(=O)c1ccc(NC(=O)/C=C/c2cnc3sccn23)cc1. The maximum atomic E-state index is 11.9. The monoisotopic (exact) mass is 327 g/mol. The number of carbonyl (C=O) groups excluding carboxylic acids is 2. The molecule has 6 nitrogen and oxygen atoms in total. The third-order valence-electron chi connectivity index (χ3n) is 3.15. The summed E-state index contributed by atoms with van der Waals surface area (Å²) in [5.74, 6) is -0.677. The third kappa shape index (κ3) is 3.29. The van der Waals surface area contributed by atoms with Gasteiger partial charge in [-0.15, -0.1) is 11.3 Å². The Hall–Kier alpha value is -2.93. The Balaban J connectivity index is 1.66. The Morgan fingerprint density at radius 1 is 1.30 bits per heavy atom. The minimum atomic E-state index is -0.414. The summed E-state index contributed by atoms with van der Waals surface area (Å²) in [6.45, 7) is 0. The van der Waals surface area contributed by atoms with Crippen LogP contribution in [0.2, 0.25) is 0 Å². The molecule has 0 radical (unpaired) electrons. The Kier molecular flexibility index (Phi) is 4.20. The van der Waals surface area contributed by atoms with Gasteiger partial charge in [0.1, 0.15) is 0 Å². The van der Waals surface area contributed by atoms with E-state index in [9.17, 15) is 9.59 Å². The number of amides is 1. The molecule has 1 aromatic carbocycles. The van der Waals surface area contributed by atoms with Crippen molar-refractivity contribution in [3.8, 4) is 0 Å². The number of hydrogen-bond acceptors (Lipinski definition) is 5. The predicted octanol–water partition coefficient (Wildman–Crippen LogP) is 2.83. The van der Waals surface area contributed by atoms with Gasteiger partial charge in [-0.1, -0.05) is 0 Å². The number of imidazole rings is 1. The summed E-state index contributed by atoms with van der Waals surface area (Å²) in [5, 5.41) is 4.66. The van der Waals surface area contributed by atoms with Crippen LogP contribution in [0.1, 0.15) is 16.1 Å². The zero-order valence-corrected chi connectivity index (χ0v) is 13.0. The molecule has 2 heterocycles. The van der Waals surface area contributed by atoms with Gasteiger partial charge >= 0.3 is 5.97 Å². The molecule has 7 heteroatoms. The van der Waals surface area contributed by atoms with E-state index in [1.54, 1.807) is 36.5 Å². The van der Waals surface area contributed by atoms with Crippen molar-refractivity contribution in [3.05, 3.63) is 59.4 Å². The third-order valence-corrected chi connectivity index (χ3v) is 3.92. The lowest BCUT2D eigenvalue weighted by molar-refractivity contribution is -0.111. The predicted molar refractivity (Wildman–Crippen MR) is 88.5 cm³/mol. The van der Waals surface area contributed by atoms with E-state index in [1.165, 1.54) is 24.5 Å². The molecule has 0 atom stereocenters. The van der Waals surface area contributed by atoms with Crippen molar-refractivity contribution in [1.29, 1.82) is 0 Å². The van der Waals surface area contributed by atoms with E-state index in [2.05, 4.69) is 15.0 Å². The lowest BCUT2D eigenvalue weighted by Crippen LogP contribution is -2.08. The van der Waals surface area contributed by atoms with Crippen LogP contribution in [0.4, 0.5) is 5.69 Å². The number of anilines is 1. The van der Waals surface area contributed by atoms with Crippen LogP contribution in [-0.4, -0.2) is 28.4 Å². The fourth-order valence-corrected chi connectivity index (χ4v) is 2.72. The number of carbonyl (C=O) groups is 2. The number of hydrogen-bond donors (Lipinski definition) is 1. The fourth-order valence-electron chi connectivity index (χ4n) is 2.02. The summed E-state index contributed by atoms with van der Waals surface area (Å²) in [4.78, 5) is 28.4. The van der Waals surface area contributed by atoms with Crippen LogP contribution in [0.25, 0.3) is 11.0 Å². The summed E-state index contributed by atoms with van der Waals surface area (Å²) in [7, 11) is 1.32. The second kappa shape index (κ2) is 6.45. The van der Waals surface area contributed by atoms with Crippen molar-refractivity contribution < 1.29 is 14.3 Å². The molecule has 0 spiro atoms. The van der Waals surface area contributed by atoms with Crippen molar-refractivity contribution in [2.75, 3.05) is 12.4 Å². The molecule has 1 N–H and O–H groups in total. The minimum Gasteiger partial charge on any atom is -0.465 e. The van der Waals surface area contributed by atoms with Gasteiger partial charge in [-0.3, -0.25) is 9.20 Å². The van der Waals surface area contributed by atoms with Crippen LogP contribution in [-0.2, 0) is 9.53 Å². The normalized spacial score (nSPS) is 11.0. The van der Waals surface area contributed by atoms with Gasteiger partial charge < -0.3 is 10.1 Å². The molecule has 0 aliphatic rings. The molecule has 3 aromatic rings. The summed E-state index contributed by atoms with van der Waals surface area (Å²) in [6.07, 6.45) is 6.75. The number of fused-ring (bicyclic) bond motifs is 1. The minimum absolute atomic E-state index is 0.263. The molecule has 0 bridgehead atoms. The van der Waals surface area contributed by atoms with E-state index < -0.39 is 5.97 Å². The van der Waals surface area contributed by atoms with Gasteiger partial charge in [0.2, 0.25) is 5.91 Å². The van der Waals surface area contributed by atoms with Gasteiger partial charge in [-0.2, -0.15) is 0 Å². The molecule has 0 fully saturated rings. The zero-order chi connectivity index (χ0) is 16.2. The van der Waals surface area contributed by atoms with Crippen molar-refractivity contribution in [2.45, 2.75) is 0 Å². The van der Waals surface area contributed by atoms with Gasteiger partial charge in [0.15, 0.2) is 4.96 Å². The van der Waals surface area contributed by atoms with E-state index in [-0.39, 0.29) is 5.91 Å². The summed E-state index contributed by atoms with van der Waals surface area (Å²) < 4.78 is 6.52. The highest BCUT2D eigenvalue weighted by Crippen LogP contribution is 2.14. The van der Waals surface area contributed by atoms with Crippen LogP contribution in [0.5, 0.6) is 0 Å². The van der Waals surface area contributed by atoms with Crippen molar-refractivity contribution in [2.24, 2.45) is 0 Å². The zero-order valence-electron chi connectivity index (χ0n) is 12.2. The Morgan fingerprint density at radius 2 is 2.09 bits per heavy atom. The average molecular weight is 327 g/mol. The summed E-state index contributed by atoms with van der Waals surface area (Å²) in [6, 6.07) is 6.48. The van der Waals surface area contributed by atoms with Gasteiger partial charge in [-0.25, -0.2) is 9.78 Å². The van der Waals surface area contributed by atoms with E-state index in [4.69, 9.17) is 0 Å². The number of nitrogens with one attached hydrogen (secondary N) is 1. The number of esters is 1. The van der Waals surface area contributed by atoms with Crippen LogP contribution in [0.15, 0.2) is 48.1 Å². The van der Waals surface area contributed by atoms with E-state index in [0.29, 0.717) is 11.3 Å². The largest absolute Gasteiger partial charge is 0.465 e. The maximum Gasteiger partial charge on any atom is 0.337 e. The standard InChI is InChI=1S/C16H13N3O3S/c1-22-15(21)11-2-4-12(5-3-11)18-14(20)7-6-13-10-17-16-19(13)8-9-23-16/h2-10H,1H3,(H,18,20)/b7-6+. The molecule has 0 aliphatic heterocycles. The number of methoxy groups -OCH3 is 1. The number of aromatic nitrogens is 2. The molecule has 0 aliphatic carbocycles. The smallest absolute Gasteiger partial charge is 0.337 e. The van der Waals surface area contributed by atoms with E-state index in [0.717, 1.165) is 10.7 Å². The molecule has 3 rings (SSSR count). The number of nitrogens with zero attached hydrogens (tertiary/aromatic N) is 2. The first kappa shape index (κ1) is 15.0. The maximum absolute atomic E-state index is 11.9. The quantitative estimate of drug-likeness (QED) is 0.591. The first-order valence-corrected chi connectivity index (χ1v) is 7.63. The Bertz CT molecular complexity index is 878. The van der Waals surface area contributed by atoms with Gasteiger partial charge in [0.25, 0.3) is 0 Å². The van der Waals surface area contributed by atoms with Crippen LogP contribution >= 0.6 is 11.3 Å². The summed E-state index contributed by atoms with van der Waals surface area (Å²) in [5.41, 5.74) is 1.86. The molecule has 23 heavy (non-hydrogen) atoms. The van der Waals surface area contributed by atoms with Gasteiger partial charge in [-0.05, 0) is 30.3 Å². The van der Waals surface area contributed by atoms with Crippen LogP contribution in [0.3, 0.4) is 0 Å². The molecule has 2 aromatic heterocycles. The molecule has 1 amide bonds. The number of benzene rings is 1. The molecular weight excluding hydrogens is 314 g/mol. The van der Waals surface area contributed by atoms with Gasteiger partial charge in [0, 0.05) is 23.3 Å². The highest BCUT2D eigenvalue weighted by Gasteiger charge is 2.05. The van der Waals surface area contributed by atoms with Crippen LogP contribution < -0.4 is 5.32 Å². The van der Waals surface area contributed by atoms with Crippen LogP contribution in [0, 0.1) is 0 Å². The highest BCUT2D eigenvalue weighted by molar-refractivity contribution is 7.15. The molecule has 0 saturated carbocycles. The van der Waals surface area contributed by atoms with E-state index in [1.807, 2.05) is 16.0 Å². The molecular formula is C16H13N3O3S. The second-order valence-electron chi connectivity index (χ2n) is 4.63. The number of thiazole rings is 1. The summed E-state index contributed by atoms with van der Waals surface area (Å²) >= 11 is 1.53. The lowest BCUT2D eigenvalue weighted by Gasteiger charge is -2.03. The van der Waals surface area contributed by atoms with Crippen molar-refractivity contribution in [3.63, 3.8) is 0 Å². The molecule has 0 unspecified atom stereocenters. The number of rotatable bonds is 4. The van der Waals surface area contributed by atoms with Crippen molar-refractivity contribution >= 4 is 39.9 Å². The van der Waals surface area contributed by atoms with Gasteiger partial charge in [0.05, 0.1) is 24.6 Å². The van der Waals surface area contributed by atoms with Crippen molar-refractivity contribution in [1.82, 2.24) is 9.38 Å². The second-order valence-corrected chi connectivity index (χ2v) is 5.50. The topological polar surface area (TPSA) is 72.7 Å². The Labute approximate surface area is 136 Å². The average Bonchev–Trinajstić information content (AvgIpc) is 3.17. The molecule has 0 saturated heterocycles. The Morgan fingerprint density at radius 3 is 2.83 bits per heavy atom. The molecule has 116 valence electrons. The first-order chi connectivity index (χ1) is 11.2.